The molecule has 1 saturated heterocycles. The number of nitrogens with zero attached hydrogens (tertiary/aromatic N) is 1. The molecule has 1 aromatic heterocycles. The third kappa shape index (κ3) is 2.70. The highest BCUT2D eigenvalue weighted by Gasteiger charge is 2.56. The summed E-state index contributed by atoms with van der Waals surface area (Å²) in [5, 5.41) is 0. The second kappa shape index (κ2) is 5.64. The number of hydrogen-bond acceptors (Lipinski definition) is 7. The molecule has 5 atom stereocenters. The Hall–Kier alpha value is -1.33. The summed E-state index contributed by atoms with van der Waals surface area (Å²) in [6, 6.07) is 1.04. The molecule has 0 saturated carbocycles. The molecule has 11 nitrogen and oxygen atoms in total. The number of ether oxygens (including phenoxy) is 3. The number of phosphoric ester groups is 1. The lowest BCUT2D eigenvalue weighted by Gasteiger charge is -2.32. The summed E-state index contributed by atoms with van der Waals surface area (Å²) in [5.41, 5.74) is -1.52. The van der Waals surface area contributed by atoms with Crippen LogP contribution in [0.4, 0.5) is 0 Å². The molecule has 1 aromatic rings. The second-order valence-corrected chi connectivity index (χ2v) is 6.33. The van der Waals surface area contributed by atoms with Crippen molar-refractivity contribution in [1.82, 2.24) is 9.55 Å². The summed E-state index contributed by atoms with van der Waals surface area (Å²) >= 11 is 0. The fraction of sp³-hybridized carbons (Fsp3) is 0.636. The number of H-pyrrole nitrogens is 1. The maximum absolute atomic E-state index is 12.1. The van der Waals surface area contributed by atoms with Crippen molar-refractivity contribution in [2.45, 2.75) is 30.6 Å². The van der Waals surface area contributed by atoms with Gasteiger partial charge in [0.1, 0.15) is 24.4 Å². The van der Waals surface area contributed by atoms with Gasteiger partial charge in [-0.3, -0.25) is 18.9 Å². The van der Waals surface area contributed by atoms with E-state index in [4.69, 9.17) is 28.5 Å². The summed E-state index contributed by atoms with van der Waals surface area (Å²) < 4.78 is 33.3. The SMILES string of the molecule is COC1[C@@H]2O[C@H]([C@H]1OC)n1c(cc(=O)[nH]c1=O)C2OP(=O)(O)O. The van der Waals surface area contributed by atoms with Gasteiger partial charge in [0.2, 0.25) is 0 Å². The quantitative estimate of drug-likeness (QED) is 0.559. The van der Waals surface area contributed by atoms with E-state index < -0.39 is 49.7 Å². The lowest BCUT2D eigenvalue weighted by atomic mass is 10.0. The van der Waals surface area contributed by atoms with Crippen LogP contribution in [0.2, 0.25) is 0 Å². The van der Waals surface area contributed by atoms with Crippen LogP contribution in [0.25, 0.3) is 0 Å². The summed E-state index contributed by atoms with van der Waals surface area (Å²) in [4.78, 5) is 44.0. The Labute approximate surface area is 129 Å². The van der Waals surface area contributed by atoms with E-state index in [0.717, 1.165) is 10.6 Å². The van der Waals surface area contributed by atoms with E-state index in [-0.39, 0.29) is 5.69 Å². The van der Waals surface area contributed by atoms with Crippen molar-refractivity contribution in [3.8, 4) is 0 Å². The minimum absolute atomic E-state index is 0.00933. The first-order valence-corrected chi connectivity index (χ1v) is 8.10. The number of hydrogen-bond donors (Lipinski definition) is 3. The average molecular weight is 350 g/mol. The smallest absolute Gasteiger partial charge is 0.376 e. The van der Waals surface area contributed by atoms with Crippen LogP contribution >= 0.6 is 7.82 Å². The van der Waals surface area contributed by atoms with Gasteiger partial charge in [0, 0.05) is 20.3 Å². The van der Waals surface area contributed by atoms with Crippen molar-refractivity contribution in [3.05, 3.63) is 32.6 Å². The molecule has 0 spiro atoms. The molecule has 0 amide bonds. The van der Waals surface area contributed by atoms with Crippen LogP contribution in [0, 0.1) is 0 Å². The minimum atomic E-state index is -4.92. The van der Waals surface area contributed by atoms with Crippen molar-refractivity contribution < 1.29 is 33.1 Å². The Morgan fingerprint density at radius 2 is 1.91 bits per heavy atom. The lowest BCUT2D eigenvalue weighted by molar-refractivity contribution is -0.117. The molecule has 2 bridgehead atoms. The summed E-state index contributed by atoms with van der Waals surface area (Å²) in [7, 11) is -2.17. The third-order valence-corrected chi connectivity index (χ3v) is 4.37. The Morgan fingerprint density at radius 3 is 2.48 bits per heavy atom. The molecule has 23 heavy (non-hydrogen) atoms. The molecule has 3 N–H and O–H groups in total. The molecular formula is C11H15N2O9P. The number of nitrogens with one attached hydrogen (secondary N) is 1. The standard InChI is InChI=1S/C11H15N2O9P/c1-19-7-8-6(22-23(16,17)18)4-3-5(14)12-11(15)13(4)10(21-8)9(7)20-2/h3,6-10H,1-2H3,(H,12,14,15)(H2,16,17,18)/t6?,7?,8-,9+,10-/m1/s1. The van der Waals surface area contributed by atoms with Crippen molar-refractivity contribution in [2.24, 2.45) is 0 Å². The number of rotatable bonds is 4. The van der Waals surface area contributed by atoms with E-state index in [1.807, 2.05) is 0 Å². The van der Waals surface area contributed by atoms with Gasteiger partial charge in [-0.05, 0) is 0 Å². The number of phosphoric acid groups is 1. The molecule has 0 aliphatic carbocycles. The highest BCUT2D eigenvalue weighted by molar-refractivity contribution is 7.46. The van der Waals surface area contributed by atoms with E-state index in [2.05, 4.69) is 4.98 Å². The van der Waals surface area contributed by atoms with E-state index >= 15 is 0 Å². The maximum atomic E-state index is 12.1. The fourth-order valence-corrected chi connectivity index (χ4v) is 3.59. The van der Waals surface area contributed by atoms with Crippen LogP contribution < -0.4 is 11.2 Å². The third-order valence-electron chi connectivity index (χ3n) is 3.87. The molecule has 0 radical (unpaired) electrons. The number of fused-ring (bicyclic) bond motifs is 4. The minimum Gasteiger partial charge on any atom is -0.376 e. The molecule has 3 heterocycles. The van der Waals surface area contributed by atoms with E-state index in [0.29, 0.717) is 0 Å². The van der Waals surface area contributed by atoms with Crippen LogP contribution in [0.1, 0.15) is 18.0 Å². The predicted molar refractivity (Wildman–Crippen MR) is 72.7 cm³/mol. The summed E-state index contributed by atoms with van der Waals surface area (Å²) in [5.74, 6) is 0. The number of aromatic nitrogens is 2. The topological polar surface area (TPSA) is 149 Å². The highest BCUT2D eigenvalue weighted by atomic mass is 31.2. The first kappa shape index (κ1) is 16.5. The molecule has 2 unspecified atom stereocenters. The van der Waals surface area contributed by atoms with Crippen LogP contribution in [-0.2, 0) is 23.3 Å². The number of aromatic amines is 1. The predicted octanol–water partition coefficient (Wildman–Crippen LogP) is -1.37. The monoisotopic (exact) mass is 350 g/mol. The molecule has 128 valence electrons. The van der Waals surface area contributed by atoms with Crippen molar-refractivity contribution in [3.63, 3.8) is 0 Å². The van der Waals surface area contributed by atoms with Crippen LogP contribution in [0.3, 0.4) is 0 Å². The van der Waals surface area contributed by atoms with Crippen LogP contribution in [0.5, 0.6) is 0 Å². The molecule has 3 rings (SSSR count). The Balaban J connectivity index is 2.21. The maximum Gasteiger partial charge on any atom is 0.470 e. The summed E-state index contributed by atoms with van der Waals surface area (Å²) in [6.45, 7) is 0. The number of methoxy groups -OCH3 is 2. The van der Waals surface area contributed by atoms with Gasteiger partial charge in [-0.1, -0.05) is 0 Å². The van der Waals surface area contributed by atoms with Gasteiger partial charge in [0.05, 0.1) is 5.69 Å². The summed E-state index contributed by atoms with van der Waals surface area (Å²) in [6.07, 6.45) is -4.71. The lowest BCUT2D eigenvalue weighted by Crippen LogP contribution is -2.42. The van der Waals surface area contributed by atoms with Gasteiger partial charge in [0.25, 0.3) is 5.56 Å². The zero-order valence-corrected chi connectivity index (χ0v) is 13.0. The molecule has 0 aromatic carbocycles. The van der Waals surface area contributed by atoms with E-state index in [9.17, 15) is 14.2 Å². The van der Waals surface area contributed by atoms with Crippen molar-refractivity contribution >= 4 is 7.82 Å². The molecule has 1 fully saturated rings. The second-order valence-electron chi connectivity index (χ2n) is 5.14. The van der Waals surface area contributed by atoms with Crippen molar-refractivity contribution in [1.29, 1.82) is 0 Å². The van der Waals surface area contributed by atoms with Gasteiger partial charge in [-0.15, -0.1) is 0 Å². The van der Waals surface area contributed by atoms with Gasteiger partial charge < -0.3 is 24.0 Å². The zero-order valence-electron chi connectivity index (χ0n) is 12.1. The Bertz CT molecular complexity index is 767. The van der Waals surface area contributed by atoms with Gasteiger partial charge in [-0.25, -0.2) is 9.36 Å². The van der Waals surface area contributed by atoms with Crippen LogP contribution in [-0.4, -0.2) is 51.9 Å². The highest BCUT2D eigenvalue weighted by Crippen LogP contribution is 2.51. The molecule has 2 aliphatic rings. The van der Waals surface area contributed by atoms with Crippen LogP contribution in [0.15, 0.2) is 15.7 Å². The van der Waals surface area contributed by atoms with E-state index in [1.165, 1.54) is 14.2 Å². The average Bonchev–Trinajstić information content (AvgIpc) is 2.76. The Morgan fingerprint density at radius 1 is 1.26 bits per heavy atom. The van der Waals surface area contributed by atoms with Gasteiger partial charge in [0.15, 0.2) is 6.23 Å². The first-order valence-electron chi connectivity index (χ1n) is 6.57. The largest absolute Gasteiger partial charge is 0.470 e. The van der Waals surface area contributed by atoms with Gasteiger partial charge >= 0.3 is 13.5 Å². The fourth-order valence-electron chi connectivity index (χ4n) is 3.07. The molecule has 2 aliphatic heterocycles. The molecular weight excluding hydrogens is 335 g/mol. The molecule has 12 heteroatoms. The van der Waals surface area contributed by atoms with Gasteiger partial charge in [-0.2, -0.15) is 0 Å². The first-order chi connectivity index (χ1) is 10.8. The normalized spacial score (nSPS) is 32.8. The van der Waals surface area contributed by atoms with E-state index in [1.54, 1.807) is 0 Å². The van der Waals surface area contributed by atoms with Crippen molar-refractivity contribution in [2.75, 3.05) is 14.2 Å². The Kier molecular flexibility index (Phi) is 4.05. The zero-order chi connectivity index (χ0) is 16.9.